The average molecular weight is 667 g/mol. The molecule has 0 saturated carbocycles. The molecule has 2 saturated heterocycles. The minimum atomic E-state index is -4.06. The van der Waals surface area contributed by atoms with Crippen molar-refractivity contribution in [1.29, 1.82) is 0 Å². The number of hydrogen-bond acceptors (Lipinski definition) is 11. The number of nitrogens with zero attached hydrogens (tertiary/aromatic N) is 3. The number of benzene rings is 2. The van der Waals surface area contributed by atoms with Crippen LogP contribution in [0.5, 0.6) is 0 Å². The molecule has 0 radical (unpaired) electrons. The van der Waals surface area contributed by atoms with Crippen molar-refractivity contribution < 1.29 is 41.5 Å². The Bertz CT molecular complexity index is 1710. The zero-order valence-electron chi connectivity index (χ0n) is 26.1. The maximum Gasteiger partial charge on any atom is 0.407 e. The molecule has 0 aliphatic carbocycles. The first-order valence-corrected chi connectivity index (χ1v) is 17.0. The lowest BCUT2D eigenvalue weighted by atomic mass is 10.0. The summed E-state index contributed by atoms with van der Waals surface area (Å²) in [7, 11) is -4.06. The van der Waals surface area contributed by atoms with Crippen molar-refractivity contribution in [3.05, 3.63) is 78.6 Å². The predicted molar refractivity (Wildman–Crippen MR) is 168 cm³/mol. The van der Waals surface area contributed by atoms with Crippen LogP contribution in [0.4, 0.5) is 4.79 Å². The van der Waals surface area contributed by atoms with Crippen molar-refractivity contribution in [1.82, 2.24) is 19.8 Å². The molecule has 2 aliphatic heterocycles. The number of alkyl carbamates (subject to hydrolysis) is 1. The van der Waals surface area contributed by atoms with Crippen LogP contribution in [-0.4, -0.2) is 84.9 Å². The quantitative estimate of drug-likeness (QED) is 0.211. The van der Waals surface area contributed by atoms with Crippen molar-refractivity contribution in [2.24, 2.45) is 11.8 Å². The molecule has 0 unspecified atom stereocenters. The van der Waals surface area contributed by atoms with E-state index in [-0.39, 0.29) is 60.9 Å². The molecule has 14 heteroatoms. The molecule has 5 atom stereocenters. The molecule has 13 nitrogen and oxygen atoms in total. The van der Waals surface area contributed by atoms with Crippen LogP contribution in [0.15, 0.2) is 86.8 Å². The summed E-state index contributed by atoms with van der Waals surface area (Å²) >= 11 is 0. The lowest BCUT2D eigenvalue weighted by molar-refractivity contribution is -0.0907. The second-order valence-corrected chi connectivity index (χ2v) is 14.1. The van der Waals surface area contributed by atoms with Crippen LogP contribution in [-0.2, 0) is 30.7 Å². The van der Waals surface area contributed by atoms with Gasteiger partial charge in [-0.2, -0.15) is 9.29 Å². The molecule has 47 heavy (non-hydrogen) atoms. The van der Waals surface area contributed by atoms with Crippen molar-refractivity contribution >= 4 is 16.1 Å². The highest BCUT2D eigenvalue weighted by molar-refractivity contribution is 7.89. The van der Waals surface area contributed by atoms with E-state index in [0.29, 0.717) is 17.9 Å². The molecule has 2 aliphatic rings. The first kappa shape index (κ1) is 32.8. The zero-order chi connectivity index (χ0) is 33.0. The number of hydrogen-bond donors (Lipinski definition) is 2. The van der Waals surface area contributed by atoms with Crippen molar-refractivity contribution in [2.75, 3.05) is 26.3 Å². The maximum absolute atomic E-state index is 14.0. The monoisotopic (exact) mass is 666 g/mol. The first-order chi connectivity index (χ1) is 22.7. The van der Waals surface area contributed by atoms with Gasteiger partial charge in [-0.1, -0.05) is 49.3 Å². The number of fused-ring (bicyclic) bond motifs is 1. The molecule has 2 N–H and O–H groups in total. The first-order valence-electron chi connectivity index (χ1n) is 15.6. The van der Waals surface area contributed by atoms with Crippen molar-refractivity contribution in [3.8, 4) is 23.0 Å². The molecular weight excluding hydrogens is 628 g/mol. The minimum Gasteiger partial charge on any atom is -0.459 e. The highest BCUT2D eigenvalue weighted by Crippen LogP contribution is 2.33. The number of aliphatic hydroxyl groups is 1. The summed E-state index contributed by atoms with van der Waals surface area (Å²) in [5, 5.41) is 18.3. The average Bonchev–Trinajstić information content (AvgIpc) is 3.87. The Kier molecular flexibility index (Phi) is 10.0. The van der Waals surface area contributed by atoms with E-state index in [0.717, 1.165) is 12.0 Å². The fourth-order valence-electron chi connectivity index (χ4n) is 5.80. The second kappa shape index (κ2) is 14.4. The van der Waals surface area contributed by atoms with Gasteiger partial charge in [-0.15, -0.1) is 0 Å². The number of carbonyl (C=O) groups excluding carboxylic acids is 1. The smallest absolute Gasteiger partial charge is 0.407 e. The Morgan fingerprint density at radius 2 is 1.85 bits per heavy atom. The van der Waals surface area contributed by atoms with Crippen LogP contribution in [0.25, 0.3) is 23.0 Å². The number of rotatable bonds is 13. The van der Waals surface area contributed by atoms with Gasteiger partial charge in [0.05, 0.1) is 42.4 Å². The van der Waals surface area contributed by atoms with Gasteiger partial charge < -0.3 is 33.6 Å². The predicted octanol–water partition coefficient (Wildman–Crippen LogP) is 4.10. The fourth-order valence-corrected chi connectivity index (χ4v) is 7.42. The Morgan fingerprint density at radius 1 is 1.06 bits per heavy atom. The molecule has 2 aromatic heterocycles. The normalized spacial score (nSPS) is 20.7. The van der Waals surface area contributed by atoms with E-state index in [2.05, 4.69) is 15.5 Å². The third-order valence-electron chi connectivity index (χ3n) is 8.18. The van der Waals surface area contributed by atoms with E-state index in [1.165, 1.54) is 22.7 Å². The second-order valence-electron chi connectivity index (χ2n) is 12.1. The van der Waals surface area contributed by atoms with Gasteiger partial charge in [-0.05, 0) is 60.7 Å². The third kappa shape index (κ3) is 7.74. The van der Waals surface area contributed by atoms with E-state index < -0.39 is 34.4 Å². The lowest BCUT2D eigenvalue weighted by Gasteiger charge is -2.31. The summed E-state index contributed by atoms with van der Waals surface area (Å²) in [6.45, 7) is 4.44. The summed E-state index contributed by atoms with van der Waals surface area (Å²) in [5.41, 5.74) is 1.41. The number of nitrogens with one attached hydrogen (secondary N) is 1. The highest BCUT2D eigenvalue weighted by Gasteiger charge is 2.44. The van der Waals surface area contributed by atoms with Gasteiger partial charge in [-0.25, -0.2) is 13.2 Å². The molecule has 4 aromatic rings. The van der Waals surface area contributed by atoms with Crippen LogP contribution in [0.3, 0.4) is 0 Å². The van der Waals surface area contributed by atoms with Gasteiger partial charge in [0.2, 0.25) is 15.8 Å². The van der Waals surface area contributed by atoms with Gasteiger partial charge in [0.1, 0.15) is 6.10 Å². The molecule has 1 amide bonds. The van der Waals surface area contributed by atoms with Crippen molar-refractivity contribution in [2.45, 2.75) is 56.1 Å². The fraction of sp³-hybridized carbons (Fsp3) is 0.424. The number of furan rings is 1. The molecule has 0 bridgehead atoms. The van der Waals surface area contributed by atoms with Crippen LogP contribution >= 0.6 is 0 Å². The lowest BCUT2D eigenvalue weighted by Crippen LogP contribution is -2.51. The summed E-state index contributed by atoms with van der Waals surface area (Å²) in [6, 6.07) is 18.0. The van der Waals surface area contributed by atoms with Gasteiger partial charge in [0, 0.05) is 18.7 Å². The minimum absolute atomic E-state index is 0.0328. The summed E-state index contributed by atoms with van der Waals surface area (Å²) in [6.07, 6.45) is -0.356. The van der Waals surface area contributed by atoms with E-state index >= 15 is 0 Å². The highest BCUT2D eigenvalue weighted by atomic mass is 32.2. The standard InChI is InChI=1S/C33H38N4O9S/c1-21(2)18-37(47(40,41)24-12-10-23(11-13-24)30-35-31(46-36-30)28-9-6-15-42-28)19-27(38)26(17-22-7-4-3-5-8-22)34-33(39)45-29-20-44-32-25(29)14-16-43-32/h3-13,15,21,25-27,29,32,38H,14,16-20H2,1-2H3,(H,34,39)/t25-,26-,27+,29-,32+/m0/s1. The number of aromatic nitrogens is 2. The molecule has 4 heterocycles. The number of aliphatic hydroxyl groups excluding tert-OH is 1. The van der Waals surface area contributed by atoms with E-state index in [4.69, 9.17) is 23.2 Å². The SMILES string of the molecule is CC(C)CN(C[C@@H](O)[C@H](Cc1ccccc1)NC(=O)O[C@H]1CO[C@H]2OCC[C@H]21)S(=O)(=O)c1ccc(-c2noc(-c3ccco3)n2)cc1. The van der Waals surface area contributed by atoms with Crippen LogP contribution < -0.4 is 5.32 Å². The van der Waals surface area contributed by atoms with Gasteiger partial charge in [-0.3, -0.25) is 0 Å². The molecule has 0 spiro atoms. The van der Waals surface area contributed by atoms with Crippen LogP contribution in [0, 0.1) is 11.8 Å². The van der Waals surface area contributed by atoms with Gasteiger partial charge in [0.15, 0.2) is 12.1 Å². The Balaban J connectivity index is 1.18. The Labute approximate surface area is 272 Å². The number of ether oxygens (including phenoxy) is 3. The number of sulfonamides is 1. The summed E-state index contributed by atoms with van der Waals surface area (Å²) in [5.74, 6) is 0.801. The van der Waals surface area contributed by atoms with E-state index in [9.17, 15) is 18.3 Å². The molecule has 2 fully saturated rings. The molecule has 250 valence electrons. The van der Waals surface area contributed by atoms with Crippen LogP contribution in [0.2, 0.25) is 0 Å². The zero-order valence-corrected chi connectivity index (χ0v) is 26.9. The maximum atomic E-state index is 14.0. The topological polar surface area (TPSA) is 166 Å². The number of carbonyl (C=O) groups is 1. The van der Waals surface area contributed by atoms with E-state index in [1.54, 1.807) is 24.3 Å². The molecular formula is C33H38N4O9S. The van der Waals surface area contributed by atoms with Crippen molar-refractivity contribution in [3.63, 3.8) is 0 Å². The van der Waals surface area contributed by atoms with Gasteiger partial charge >= 0.3 is 6.09 Å². The van der Waals surface area contributed by atoms with E-state index in [1.807, 2.05) is 44.2 Å². The van der Waals surface area contributed by atoms with Gasteiger partial charge in [0.25, 0.3) is 5.89 Å². The molecule has 2 aromatic carbocycles. The third-order valence-corrected chi connectivity index (χ3v) is 10.0. The Hall–Kier alpha value is -4.08. The number of amides is 1. The largest absolute Gasteiger partial charge is 0.459 e. The summed E-state index contributed by atoms with van der Waals surface area (Å²) < 4.78 is 56.6. The molecule has 6 rings (SSSR count). The Morgan fingerprint density at radius 3 is 2.57 bits per heavy atom. The van der Waals surface area contributed by atoms with Crippen LogP contribution in [0.1, 0.15) is 25.8 Å². The summed E-state index contributed by atoms with van der Waals surface area (Å²) in [4.78, 5) is 17.5.